The molecule has 0 aliphatic rings. The molecule has 17 heavy (non-hydrogen) atoms. The number of nitrogen functional groups attached to an aromatic ring is 1. The summed E-state index contributed by atoms with van der Waals surface area (Å²) in [7, 11) is -4.28. The molecule has 3 N–H and O–H groups in total. The Bertz CT molecular complexity index is 508. The van der Waals surface area contributed by atoms with E-state index in [1.165, 1.54) is 6.07 Å². The Balaban J connectivity index is 3.44. The molecule has 0 fully saturated rings. The highest BCUT2D eigenvalue weighted by Crippen LogP contribution is 2.28. The standard InChI is InChI=1S/C11H18N2O3S/c1-4-13(5-2)9-6-8(3)11(12)10(7-9)17(14,15)16/h6-7H,4-5,12H2,1-3H3,(H,14,15,16). The molecule has 0 aliphatic heterocycles. The average Bonchev–Trinajstić information content (AvgIpc) is 2.23. The SMILES string of the molecule is CCN(CC)c1cc(C)c(N)c(S(=O)(=O)O)c1. The normalized spacial score (nSPS) is 11.5. The minimum atomic E-state index is -4.28. The van der Waals surface area contributed by atoms with Crippen LogP contribution in [0.4, 0.5) is 11.4 Å². The molecule has 0 atom stereocenters. The van der Waals surface area contributed by atoms with Gasteiger partial charge in [0.25, 0.3) is 10.1 Å². The Hall–Kier alpha value is -1.27. The van der Waals surface area contributed by atoms with Crippen molar-refractivity contribution in [2.24, 2.45) is 0 Å². The lowest BCUT2D eigenvalue weighted by molar-refractivity contribution is 0.483. The molecule has 0 amide bonds. The number of hydrogen-bond acceptors (Lipinski definition) is 4. The van der Waals surface area contributed by atoms with E-state index in [0.29, 0.717) is 5.56 Å². The lowest BCUT2D eigenvalue weighted by Gasteiger charge is -2.22. The van der Waals surface area contributed by atoms with Crippen LogP contribution in [0.2, 0.25) is 0 Å². The van der Waals surface area contributed by atoms with Gasteiger partial charge in [-0.2, -0.15) is 8.42 Å². The summed E-state index contributed by atoms with van der Waals surface area (Å²) in [6.45, 7) is 7.18. The molecular weight excluding hydrogens is 240 g/mol. The van der Waals surface area contributed by atoms with Crippen LogP contribution in [0.25, 0.3) is 0 Å². The van der Waals surface area contributed by atoms with Gasteiger partial charge in [-0.3, -0.25) is 4.55 Å². The first-order chi connectivity index (χ1) is 7.81. The zero-order valence-electron chi connectivity index (χ0n) is 10.3. The maximum atomic E-state index is 11.2. The Kier molecular flexibility index (Phi) is 4.00. The number of aryl methyl sites for hydroxylation is 1. The van der Waals surface area contributed by atoms with Crippen LogP contribution in [0.15, 0.2) is 17.0 Å². The van der Waals surface area contributed by atoms with Crippen LogP contribution in [0.5, 0.6) is 0 Å². The monoisotopic (exact) mass is 258 g/mol. The molecule has 6 heteroatoms. The quantitative estimate of drug-likeness (QED) is 0.634. The van der Waals surface area contributed by atoms with Crippen molar-refractivity contribution >= 4 is 21.5 Å². The Morgan fingerprint density at radius 3 is 2.24 bits per heavy atom. The van der Waals surface area contributed by atoms with E-state index < -0.39 is 10.1 Å². The first-order valence-electron chi connectivity index (χ1n) is 5.43. The summed E-state index contributed by atoms with van der Waals surface area (Å²) in [5.41, 5.74) is 7.15. The van der Waals surface area contributed by atoms with Gasteiger partial charge in [0.1, 0.15) is 4.90 Å². The summed E-state index contributed by atoms with van der Waals surface area (Å²) in [5, 5.41) is 0. The van der Waals surface area contributed by atoms with Crippen molar-refractivity contribution in [3.8, 4) is 0 Å². The lowest BCUT2D eigenvalue weighted by Crippen LogP contribution is -2.22. The number of anilines is 2. The molecule has 0 aromatic heterocycles. The van der Waals surface area contributed by atoms with E-state index >= 15 is 0 Å². The summed E-state index contributed by atoms with van der Waals surface area (Å²) < 4.78 is 31.5. The first-order valence-corrected chi connectivity index (χ1v) is 6.87. The van der Waals surface area contributed by atoms with E-state index in [9.17, 15) is 8.42 Å². The van der Waals surface area contributed by atoms with Crippen LogP contribution >= 0.6 is 0 Å². The fraction of sp³-hybridized carbons (Fsp3) is 0.455. The molecule has 0 heterocycles. The summed E-state index contributed by atoms with van der Waals surface area (Å²) in [4.78, 5) is 1.76. The molecule has 1 aromatic rings. The van der Waals surface area contributed by atoms with Gasteiger partial charge in [0.15, 0.2) is 0 Å². The fourth-order valence-corrected chi connectivity index (χ4v) is 2.44. The van der Waals surface area contributed by atoms with Gasteiger partial charge in [0.2, 0.25) is 0 Å². The second kappa shape index (κ2) is 4.93. The minimum Gasteiger partial charge on any atom is -0.397 e. The van der Waals surface area contributed by atoms with Crippen molar-refractivity contribution in [1.29, 1.82) is 0 Å². The Morgan fingerprint density at radius 1 is 1.29 bits per heavy atom. The highest BCUT2D eigenvalue weighted by Gasteiger charge is 2.18. The molecule has 0 aliphatic carbocycles. The van der Waals surface area contributed by atoms with Gasteiger partial charge in [-0.05, 0) is 38.5 Å². The number of hydrogen-bond donors (Lipinski definition) is 2. The molecule has 1 rings (SSSR count). The molecule has 1 aromatic carbocycles. The van der Waals surface area contributed by atoms with Crippen LogP contribution in [-0.4, -0.2) is 26.1 Å². The van der Waals surface area contributed by atoms with Crippen molar-refractivity contribution in [3.05, 3.63) is 17.7 Å². The van der Waals surface area contributed by atoms with Crippen molar-refractivity contribution in [2.45, 2.75) is 25.7 Å². The summed E-state index contributed by atoms with van der Waals surface area (Å²) in [6, 6.07) is 3.22. The largest absolute Gasteiger partial charge is 0.397 e. The molecule has 0 unspecified atom stereocenters. The van der Waals surface area contributed by atoms with E-state index in [1.54, 1.807) is 6.92 Å². The van der Waals surface area contributed by atoms with E-state index in [1.807, 2.05) is 24.8 Å². The number of nitrogens with two attached hydrogens (primary N) is 1. The number of nitrogens with zero attached hydrogens (tertiary/aromatic N) is 1. The summed E-state index contributed by atoms with van der Waals surface area (Å²) >= 11 is 0. The van der Waals surface area contributed by atoms with E-state index in [0.717, 1.165) is 18.8 Å². The predicted octanol–water partition coefficient (Wildman–Crippen LogP) is 1.67. The Labute approximate surface area is 102 Å². The van der Waals surface area contributed by atoms with Gasteiger partial charge >= 0.3 is 0 Å². The Morgan fingerprint density at radius 2 is 1.82 bits per heavy atom. The third-order valence-electron chi connectivity index (χ3n) is 2.74. The molecule has 5 nitrogen and oxygen atoms in total. The molecule has 0 radical (unpaired) electrons. The van der Waals surface area contributed by atoms with Crippen molar-refractivity contribution < 1.29 is 13.0 Å². The highest BCUT2D eigenvalue weighted by molar-refractivity contribution is 7.86. The lowest BCUT2D eigenvalue weighted by atomic mass is 10.1. The molecule has 0 spiro atoms. The van der Waals surface area contributed by atoms with Crippen molar-refractivity contribution in [2.75, 3.05) is 23.7 Å². The van der Waals surface area contributed by atoms with Gasteiger partial charge in [-0.25, -0.2) is 0 Å². The van der Waals surface area contributed by atoms with Gasteiger partial charge in [0.05, 0.1) is 5.69 Å². The second-order valence-electron chi connectivity index (χ2n) is 3.82. The zero-order chi connectivity index (χ0) is 13.2. The predicted molar refractivity (Wildman–Crippen MR) is 69.0 cm³/mol. The zero-order valence-corrected chi connectivity index (χ0v) is 11.1. The first kappa shape index (κ1) is 13.8. The van der Waals surface area contributed by atoms with Crippen molar-refractivity contribution in [1.82, 2.24) is 0 Å². The van der Waals surface area contributed by atoms with E-state index in [-0.39, 0.29) is 10.6 Å². The molecule has 0 saturated heterocycles. The number of benzene rings is 1. The second-order valence-corrected chi connectivity index (χ2v) is 5.21. The maximum Gasteiger partial charge on any atom is 0.296 e. The molecular formula is C11H18N2O3S. The third kappa shape index (κ3) is 2.89. The topological polar surface area (TPSA) is 83.6 Å². The van der Waals surface area contributed by atoms with Crippen LogP contribution in [0.1, 0.15) is 19.4 Å². The average molecular weight is 258 g/mol. The van der Waals surface area contributed by atoms with Crippen LogP contribution in [0.3, 0.4) is 0 Å². The van der Waals surface area contributed by atoms with E-state index in [2.05, 4.69) is 0 Å². The minimum absolute atomic E-state index is 0.100. The fourth-order valence-electron chi connectivity index (χ4n) is 1.73. The number of rotatable bonds is 4. The van der Waals surface area contributed by atoms with Gasteiger partial charge < -0.3 is 10.6 Å². The maximum absolute atomic E-state index is 11.2. The highest BCUT2D eigenvalue weighted by atomic mass is 32.2. The van der Waals surface area contributed by atoms with Gasteiger partial charge in [0, 0.05) is 18.8 Å². The molecule has 0 saturated carbocycles. The molecule has 96 valence electrons. The van der Waals surface area contributed by atoms with Crippen LogP contribution < -0.4 is 10.6 Å². The summed E-state index contributed by atoms with van der Waals surface area (Å²) in [6.07, 6.45) is 0. The molecule has 0 bridgehead atoms. The van der Waals surface area contributed by atoms with Crippen LogP contribution in [-0.2, 0) is 10.1 Å². The van der Waals surface area contributed by atoms with Gasteiger partial charge in [-0.15, -0.1) is 0 Å². The van der Waals surface area contributed by atoms with Crippen LogP contribution in [0, 0.1) is 6.92 Å². The van der Waals surface area contributed by atoms with E-state index in [4.69, 9.17) is 10.3 Å². The van der Waals surface area contributed by atoms with Crippen molar-refractivity contribution in [3.63, 3.8) is 0 Å². The van der Waals surface area contributed by atoms with Gasteiger partial charge in [-0.1, -0.05) is 0 Å². The smallest absolute Gasteiger partial charge is 0.296 e. The third-order valence-corrected chi connectivity index (χ3v) is 3.63. The summed E-state index contributed by atoms with van der Waals surface area (Å²) in [5.74, 6) is 0.